The molecule has 1 unspecified atom stereocenters. The van der Waals surface area contributed by atoms with Gasteiger partial charge in [0, 0.05) is 0 Å². The number of hydrogen-bond acceptors (Lipinski definition) is 5. The Morgan fingerprint density at radius 2 is 1.48 bits per heavy atom. The van der Waals surface area contributed by atoms with Crippen LogP contribution in [0.5, 0.6) is 0 Å². The van der Waals surface area contributed by atoms with Crippen LogP contribution in [-0.2, 0) is 24.1 Å². The number of Topliss-reactive ketones (excluding diaryl/α,β-unsaturated/α-hetero) is 2. The molecule has 1 fully saturated rings. The lowest BCUT2D eigenvalue weighted by Crippen LogP contribution is -2.67. The molecule has 0 aromatic rings. The topological polar surface area (TPSA) is 61.8 Å². The van der Waals surface area contributed by atoms with Gasteiger partial charge in [0.25, 0.3) is 0 Å². The van der Waals surface area contributed by atoms with Gasteiger partial charge in [-0.2, -0.15) is 4.89 Å². The lowest BCUT2D eigenvalue weighted by Gasteiger charge is -2.54. The summed E-state index contributed by atoms with van der Waals surface area (Å²) in [6, 6.07) is 0. The molecule has 1 aliphatic heterocycles. The van der Waals surface area contributed by atoms with Crippen LogP contribution in [0.15, 0.2) is 11.6 Å². The van der Waals surface area contributed by atoms with E-state index in [0.717, 1.165) is 19.3 Å². The number of ketones is 2. The van der Waals surface area contributed by atoms with E-state index in [1.54, 1.807) is 33.8 Å². The second-order valence-electron chi connectivity index (χ2n) is 9.47. The van der Waals surface area contributed by atoms with E-state index in [1.165, 1.54) is 19.3 Å². The first kappa shape index (κ1) is 22.3. The van der Waals surface area contributed by atoms with E-state index in [9.17, 15) is 9.59 Å². The molecule has 1 atom stereocenters. The van der Waals surface area contributed by atoms with Crippen molar-refractivity contribution in [2.75, 3.05) is 6.61 Å². The molecule has 2 rings (SSSR count). The largest absolute Gasteiger partial charge is 0.343 e. The number of hydrogen-bond donors (Lipinski definition) is 0. The van der Waals surface area contributed by atoms with Crippen LogP contribution in [0.25, 0.3) is 0 Å². The fourth-order valence-electron chi connectivity index (χ4n) is 4.08. The lowest BCUT2D eigenvalue weighted by atomic mass is 9.57. The van der Waals surface area contributed by atoms with E-state index in [1.807, 2.05) is 13.8 Å². The number of ether oxygens (including phenoxy) is 1. The van der Waals surface area contributed by atoms with Crippen LogP contribution in [-0.4, -0.2) is 29.6 Å². The number of fused-ring (bicyclic) bond motifs is 1. The van der Waals surface area contributed by atoms with E-state index in [4.69, 9.17) is 14.5 Å². The Morgan fingerprint density at radius 1 is 0.889 bits per heavy atom. The monoisotopic (exact) mass is 380 g/mol. The molecule has 1 aliphatic carbocycles. The van der Waals surface area contributed by atoms with Gasteiger partial charge in [0.2, 0.25) is 5.79 Å². The Hall–Kier alpha value is -1.04. The average molecular weight is 381 g/mol. The van der Waals surface area contributed by atoms with E-state index in [2.05, 4.69) is 6.92 Å². The zero-order valence-corrected chi connectivity index (χ0v) is 18.1. The minimum atomic E-state index is -1.49. The normalized spacial score (nSPS) is 28.6. The second kappa shape index (κ2) is 7.76. The third-order valence-electron chi connectivity index (χ3n) is 5.79. The standard InChI is InChI=1S/C22H36O5/c1-8-9-10-11-12-13-14-25-22-16(15-19(2,3)26-27-22)17(23)20(4,5)18(24)21(22,6)7/h15H,8-14H2,1-7H3. The summed E-state index contributed by atoms with van der Waals surface area (Å²) in [6.45, 7) is 13.2. The maximum absolute atomic E-state index is 13.2. The summed E-state index contributed by atoms with van der Waals surface area (Å²) in [7, 11) is 0. The van der Waals surface area contributed by atoms with Gasteiger partial charge in [-0.3, -0.25) is 9.59 Å². The predicted molar refractivity (Wildman–Crippen MR) is 104 cm³/mol. The van der Waals surface area contributed by atoms with Gasteiger partial charge in [0.05, 0.1) is 23.0 Å². The van der Waals surface area contributed by atoms with Crippen molar-refractivity contribution in [3.05, 3.63) is 11.6 Å². The molecule has 0 bridgehead atoms. The van der Waals surface area contributed by atoms with Crippen LogP contribution in [0.3, 0.4) is 0 Å². The van der Waals surface area contributed by atoms with Gasteiger partial charge in [0.15, 0.2) is 11.6 Å². The van der Waals surface area contributed by atoms with Crippen molar-refractivity contribution in [2.24, 2.45) is 10.8 Å². The van der Waals surface area contributed by atoms with Crippen LogP contribution in [0.1, 0.15) is 87.0 Å². The molecule has 0 N–H and O–H groups in total. The molecule has 0 saturated heterocycles. The third-order valence-corrected chi connectivity index (χ3v) is 5.79. The van der Waals surface area contributed by atoms with Crippen LogP contribution in [0.4, 0.5) is 0 Å². The molecule has 5 nitrogen and oxygen atoms in total. The highest BCUT2D eigenvalue weighted by Gasteiger charge is 2.68. The molecule has 0 aromatic heterocycles. The summed E-state index contributed by atoms with van der Waals surface area (Å²) >= 11 is 0. The average Bonchev–Trinajstić information content (AvgIpc) is 2.59. The maximum atomic E-state index is 13.2. The predicted octanol–water partition coefficient (Wildman–Crippen LogP) is 4.93. The minimum absolute atomic E-state index is 0.191. The van der Waals surface area contributed by atoms with Crippen molar-refractivity contribution in [1.29, 1.82) is 0 Å². The van der Waals surface area contributed by atoms with Crippen molar-refractivity contribution in [3.63, 3.8) is 0 Å². The number of unbranched alkanes of at least 4 members (excludes halogenated alkanes) is 5. The fraction of sp³-hybridized carbons (Fsp3) is 0.818. The molecule has 27 heavy (non-hydrogen) atoms. The Morgan fingerprint density at radius 3 is 2.11 bits per heavy atom. The highest BCUT2D eigenvalue weighted by Crippen LogP contribution is 2.54. The first-order chi connectivity index (χ1) is 12.4. The Balaban J connectivity index is 2.26. The Labute approximate surface area is 163 Å². The van der Waals surface area contributed by atoms with E-state index >= 15 is 0 Å². The smallest absolute Gasteiger partial charge is 0.243 e. The first-order valence-corrected chi connectivity index (χ1v) is 10.3. The van der Waals surface area contributed by atoms with Crippen molar-refractivity contribution in [2.45, 2.75) is 98.4 Å². The van der Waals surface area contributed by atoms with Gasteiger partial charge in [-0.25, -0.2) is 4.89 Å². The summed E-state index contributed by atoms with van der Waals surface area (Å²) < 4.78 is 6.17. The summed E-state index contributed by atoms with van der Waals surface area (Å²) in [5, 5.41) is 0. The molecular formula is C22H36O5. The molecule has 0 radical (unpaired) electrons. The summed E-state index contributed by atoms with van der Waals surface area (Å²) in [4.78, 5) is 37.6. The van der Waals surface area contributed by atoms with Gasteiger partial charge in [-0.15, -0.1) is 0 Å². The SMILES string of the molecule is CCCCCCCCOC12OOC(C)(C)C=C1C(=O)C(C)(C)C(=O)C2(C)C. The quantitative estimate of drug-likeness (QED) is 0.339. The van der Waals surface area contributed by atoms with Crippen LogP contribution >= 0.6 is 0 Å². The van der Waals surface area contributed by atoms with Gasteiger partial charge < -0.3 is 4.74 Å². The molecule has 154 valence electrons. The number of rotatable bonds is 8. The lowest BCUT2D eigenvalue weighted by molar-refractivity contribution is -0.470. The van der Waals surface area contributed by atoms with Crippen molar-refractivity contribution >= 4 is 11.6 Å². The zero-order chi connectivity index (χ0) is 20.5. The molecule has 1 saturated carbocycles. The van der Waals surface area contributed by atoms with Gasteiger partial charge in [-0.1, -0.05) is 39.0 Å². The van der Waals surface area contributed by atoms with Gasteiger partial charge >= 0.3 is 0 Å². The Bertz CT molecular complexity index is 614. The van der Waals surface area contributed by atoms with Crippen molar-refractivity contribution < 1.29 is 24.1 Å². The fourth-order valence-corrected chi connectivity index (χ4v) is 4.08. The molecule has 5 heteroatoms. The molecular weight excluding hydrogens is 344 g/mol. The van der Waals surface area contributed by atoms with Gasteiger partial charge in [0.1, 0.15) is 5.60 Å². The van der Waals surface area contributed by atoms with Crippen molar-refractivity contribution in [3.8, 4) is 0 Å². The van der Waals surface area contributed by atoms with E-state index in [0.29, 0.717) is 12.2 Å². The minimum Gasteiger partial charge on any atom is -0.343 e. The molecule has 0 amide bonds. The van der Waals surface area contributed by atoms with E-state index in [-0.39, 0.29) is 11.6 Å². The third kappa shape index (κ3) is 3.92. The Kier molecular flexibility index (Phi) is 6.40. The zero-order valence-electron chi connectivity index (χ0n) is 18.1. The molecule has 0 spiro atoms. The highest BCUT2D eigenvalue weighted by atomic mass is 17.2. The molecule has 1 heterocycles. The van der Waals surface area contributed by atoms with Crippen LogP contribution in [0, 0.1) is 10.8 Å². The van der Waals surface area contributed by atoms with Crippen molar-refractivity contribution in [1.82, 2.24) is 0 Å². The number of carbonyl (C=O) groups excluding carboxylic acids is 2. The van der Waals surface area contributed by atoms with E-state index < -0.39 is 22.2 Å². The van der Waals surface area contributed by atoms with Crippen LogP contribution in [0.2, 0.25) is 0 Å². The highest BCUT2D eigenvalue weighted by molar-refractivity contribution is 6.19. The molecule has 0 aromatic carbocycles. The first-order valence-electron chi connectivity index (χ1n) is 10.3. The van der Waals surface area contributed by atoms with Crippen LogP contribution < -0.4 is 0 Å². The van der Waals surface area contributed by atoms with Gasteiger partial charge in [-0.05, 0) is 54.0 Å². The maximum Gasteiger partial charge on any atom is 0.243 e. The summed E-state index contributed by atoms with van der Waals surface area (Å²) in [5.41, 5.74) is -2.52. The second-order valence-corrected chi connectivity index (χ2v) is 9.47. The molecule has 2 aliphatic rings. The summed E-state index contributed by atoms with van der Waals surface area (Å²) in [5.74, 6) is -1.93. The summed E-state index contributed by atoms with van der Waals surface area (Å²) in [6.07, 6.45) is 8.50. The number of carbonyl (C=O) groups is 2.